The van der Waals surface area contributed by atoms with Crippen molar-refractivity contribution in [2.45, 2.75) is 12.6 Å². The molecule has 0 saturated carbocycles. The maximum atomic E-state index is 10.7. The second-order valence-electron chi connectivity index (χ2n) is 2.86. The molecule has 5 heteroatoms. The molecule has 1 aromatic carbocycles. The van der Waals surface area contributed by atoms with E-state index in [1.165, 1.54) is 17.5 Å². The topological polar surface area (TPSA) is 43.1 Å². The molecular formula is C9H8F3NO. The van der Waals surface area contributed by atoms with Gasteiger partial charge < -0.3 is 5.73 Å². The Balaban J connectivity index is 0.000000140. The summed E-state index contributed by atoms with van der Waals surface area (Å²) in [4.78, 5) is 9.12. The summed E-state index contributed by atoms with van der Waals surface area (Å²) < 4.78 is 32.1. The van der Waals surface area contributed by atoms with Crippen LogP contribution >= 0.6 is 0 Å². The largest absolute Gasteiger partial charge is 0.470 e. The minimum absolute atomic E-state index is 1.22. The first-order valence-corrected chi connectivity index (χ1v) is 3.84. The number of fused-ring (bicyclic) bond motifs is 2. The molecule has 2 bridgehead atoms. The van der Waals surface area contributed by atoms with Crippen LogP contribution in [0.15, 0.2) is 24.3 Å². The van der Waals surface area contributed by atoms with Gasteiger partial charge in [0.05, 0.1) is 0 Å². The second kappa shape index (κ2) is 3.69. The molecule has 0 radical (unpaired) electrons. The van der Waals surface area contributed by atoms with E-state index in [4.69, 9.17) is 4.79 Å². The highest BCUT2D eigenvalue weighted by Gasteiger charge is 2.35. The average molecular weight is 203 g/mol. The Bertz CT molecular complexity index is 321. The molecule has 14 heavy (non-hydrogen) atoms. The molecule has 0 saturated heterocycles. The van der Waals surface area contributed by atoms with Crippen LogP contribution in [0.5, 0.6) is 0 Å². The highest BCUT2D eigenvalue weighted by atomic mass is 19.4. The quantitative estimate of drug-likeness (QED) is 0.694. The molecule has 0 aliphatic heterocycles. The van der Waals surface area contributed by atoms with E-state index in [0.717, 1.165) is 0 Å². The van der Waals surface area contributed by atoms with Gasteiger partial charge in [0.15, 0.2) is 0 Å². The lowest BCUT2D eigenvalue weighted by Gasteiger charge is -2.11. The molecule has 2 N–H and O–H groups in total. The first-order chi connectivity index (χ1) is 6.39. The van der Waals surface area contributed by atoms with Gasteiger partial charge in [0.1, 0.15) is 0 Å². The van der Waals surface area contributed by atoms with Crippen molar-refractivity contribution in [2.75, 3.05) is 0 Å². The minimum atomic E-state index is -4.86. The zero-order valence-corrected chi connectivity index (χ0v) is 7.14. The summed E-state index contributed by atoms with van der Waals surface area (Å²) in [6.45, 7) is 0. The summed E-state index contributed by atoms with van der Waals surface area (Å²) in [6.07, 6.45) is -3.64. The fourth-order valence-corrected chi connectivity index (χ4v) is 0.954. The lowest BCUT2D eigenvalue weighted by atomic mass is 9.94. The molecule has 0 aromatic heterocycles. The maximum Gasteiger partial charge on any atom is 0.470 e. The third-order valence-corrected chi connectivity index (χ3v) is 1.68. The highest BCUT2D eigenvalue weighted by molar-refractivity contribution is 5.79. The summed E-state index contributed by atoms with van der Waals surface area (Å²) in [6, 6.07) is 8.65. The molecule has 1 aromatic rings. The van der Waals surface area contributed by atoms with Gasteiger partial charge in [-0.2, -0.15) is 13.2 Å². The van der Waals surface area contributed by atoms with Crippen LogP contribution in [0, 0.1) is 0 Å². The number of amides is 1. The molecule has 2 aliphatic carbocycles. The number of hydrogen-bond acceptors (Lipinski definition) is 1. The Morgan fingerprint density at radius 2 is 1.64 bits per heavy atom. The first kappa shape index (κ1) is 10.6. The number of nitrogens with two attached hydrogens (primary N) is 1. The molecule has 1 amide bonds. The van der Waals surface area contributed by atoms with Crippen molar-refractivity contribution in [1.29, 1.82) is 0 Å². The van der Waals surface area contributed by atoms with Crippen LogP contribution in [0.1, 0.15) is 11.1 Å². The Labute approximate surface area is 78.5 Å². The van der Waals surface area contributed by atoms with E-state index in [-0.39, 0.29) is 0 Å². The molecule has 0 fully saturated rings. The average Bonchev–Trinajstić information content (AvgIpc) is 2.03. The van der Waals surface area contributed by atoms with E-state index in [1.807, 2.05) is 0 Å². The van der Waals surface area contributed by atoms with Gasteiger partial charge in [-0.05, 0) is 17.5 Å². The van der Waals surface area contributed by atoms with Crippen molar-refractivity contribution >= 4 is 5.91 Å². The van der Waals surface area contributed by atoms with Crippen molar-refractivity contribution < 1.29 is 18.0 Å². The lowest BCUT2D eigenvalue weighted by Crippen LogP contribution is -2.30. The predicted octanol–water partition coefficient (Wildman–Crippen LogP) is 1.62. The number of primary amides is 1. The molecule has 0 atom stereocenters. The maximum absolute atomic E-state index is 10.7. The Morgan fingerprint density at radius 1 is 1.29 bits per heavy atom. The van der Waals surface area contributed by atoms with Crippen LogP contribution in [0.2, 0.25) is 0 Å². The minimum Gasteiger partial charge on any atom is -0.362 e. The van der Waals surface area contributed by atoms with Gasteiger partial charge in [-0.3, -0.25) is 4.79 Å². The van der Waals surface area contributed by atoms with Crippen molar-refractivity contribution in [3.63, 3.8) is 0 Å². The van der Waals surface area contributed by atoms with Gasteiger partial charge in [-0.1, -0.05) is 24.3 Å². The van der Waals surface area contributed by atoms with Crippen LogP contribution in [0.25, 0.3) is 0 Å². The zero-order valence-electron chi connectivity index (χ0n) is 7.14. The Hall–Kier alpha value is -1.52. The zero-order chi connectivity index (χ0) is 10.8. The van der Waals surface area contributed by atoms with E-state index in [0.29, 0.717) is 0 Å². The summed E-state index contributed by atoms with van der Waals surface area (Å²) in [5.74, 6) is -2.26. The second-order valence-corrected chi connectivity index (χ2v) is 2.86. The van der Waals surface area contributed by atoms with Crippen molar-refractivity contribution in [1.82, 2.24) is 0 Å². The van der Waals surface area contributed by atoms with Gasteiger partial charge in [0.25, 0.3) is 0 Å². The summed E-state index contributed by atoms with van der Waals surface area (Å²) in [7, 11) is 0. The summed E-state index contributed by atoms with van der Waals surface area (Å²) in [5.41, 5.74) is 6.77. The Morgan fingerprint density at radius 3 is 1.71 bits per heavy atom. The van der Waals surface area contributed by atoms with Crippen LogP contribution in [-0.4, -0.2) is 12.1 Å². The van der Waals surface area contributed by atoms with E-state index in [1.54, 1.807) is 0 Å². The molecule has 0 unspecified atom stereocenters. The predicted molar refractivity (Wildman–Crippen MR) is 44.5 cm³/mol. The van der Waals surface area contributed by atoms with Crippen LogP contribution in [-0.2, 0) is 11.2 Å². The Kier molecular flexibility index (Phi) is 2.78. The molecule has 76 valence electrons. The molecule has 0 spiro atoms. The highest BCUT2D eigenvalue weighted by Crippen LogP contribution is 2.18. The van der Waals surface area contributed by atoms with Gasteiger partial charge >= 0.3 is 12.1 Å². The molecular weight excluding hydrogens is 195 g/mol. The number of alkyl halides is 3. The van der Waals surface area contributed by atoms with E-state index < -0.39 is 12.1 Å². The van der Waals surface area contributed by atoms with Crippen molar-refractivity contribution in [2.24, 2.45) is 5.73 Å². The first-order valence-electron chi connectivity index (χ1n) is 3.84. The van der Waals surface area contributed by atoms with Crippen LogP contribution in [0.4, 0.5) is 13.2 Å². The summed E-state index contributed by atoms with van der Waals surface area (Å²) >= 11 is 0. The van der Waals surface area contributed by atoms with Gasteiger partial charge in [-0.15, -0.1) is 0 Å². The number of rotatable bonds is 0. The molecule has 3 rings (SSSR count). The lowest BCUT2D eigenvalue weighted by molar-refractivity contribution is -0.169. The fourth-order valence-electron chi connectivity index (χ4n) is 0.954. The third kappa shape index (κ3) is 2.76. The summed E-state index contributed by atoms with van der Waals surface area (Å²) in [5, 5.41) is 0. The van der Waals surface area contributed by atoms with Crippen molar-refractivity contribution in [3.05, 3.63) is 35.4 Å². The molecule has 2 nitrogen and oxygen atoms in total. The third-order valence-electron chi connectivity index (χ3n) is 1.68. The number of carbonyl (C=O) groups excluding carboxylic acids is 1. The van der Waals surface area contributed by atoms with Crippen molar-refractivity contribution in [3.8, 4) is 0 Å². The van der Waals surface area contributed by atoms with E-state index in [9.17, 15) is 13.2 Å². The van der Waals surface area contributed by atoms with E-state index >= 15 is 0 Å². The molecule has 2 aliphatic rings. The monoisotopic (exact) mass is 203 g/mol. The fraction of sp³-hybridized carbons (Fsp3) is 0.222. The normalized spacial score (nSPS) is 12.2. The standard InChI is InChI=1S/C7H6.C2H2F3NO/c1-2-6-4-7(3-1)5-6;3-2(4,5)1(6)7/h1-4H,5H2;(H2,6,7). The number of hydrogen-bond donors (Lipinski definition) is 1. The number of halogens is 3. The van der Waals surface area contributed by atoms with Gasteiger partial charge in [-0.25, -0.2) is 0 Å². The van der Waals surface area contributed by atoms with Crippen LogP contribution in [0.3, 0.4) is 0 Å². The smallest absolute Gasteiger partial charge is 0.362 e. The SMILES string of the molecule is NC(=O)C(F)(F)F.c1cc2cc(c1)C2. The molecule has 0 heterocycles. The van der Waals surface area contributed by atoms with Crippen LogP contribution < -0.4 is 5.73 Å². The number of carbonyl (C=O) groups is 1. The number of benzene rings is 1. The van der Waals surface area contributed by atoms with E-state index in [2.05, 4.69) is 30.0 Å². The van der Waals surface area contributed by atoms with Gasteiger partial charge in [0, 0.05) is 0 Å². The van der Waals surface area contributed by atoms with Gasteiger partial charge in [0.2, 0.25) is 0 Å².